The normalized spacial score (nSPS) is 43.1. The second kappa shape index (κ2) is 15.4. The zero-order valence-electron chi connectivity index (χ0n) is 30.5. The minimum Gasteiger partial charge on any atom is -0.387 e. The predicted octanol–water partition coefficient (Wildman–Crippen LogP) is 5.03. The topological polar surface area (TPSA) is 144 Å². The van der Waals surface area contributed by atoms with E-state index in [1.54, 1.807) is 0 Å². The highest BCUT2D eigenvalue weighted by molar-refractivity contribution is 5.05. The van der Waals surface area contributed by atoms with Crippen LogP contribution in [0.25, 0.3) is 0 Å². The number of hydrogen-bond donors (Lipinski definition) is 3. The van der Waals surface area contributed by atoms with Gasteiger partial charge >= 0.3 is 0 Å². The van der Waals surface area contributed by atoms with E-state index in [0.717, 1.165) is 103 Å². The summed E-state index contributed by atoms with van der Waals surface area (Å²) in [6, 6.07) is 0. The van der Waals surface area contributed by atoms with Gasteiger partial charge in [-0.3, -0.25) is 0 Å². The summed E-state index contributed by atoms with van der Waals surface area (Å²) in [6.45, 7) is 2.84. The fourth-order valence-corrected chi connectivity index (χ4v) is 10.3. The van der Waals surface area contributed by atoms with Crippen LogP contribution in [0.2, 0.25) is 0 Å². The highest BCUT2D eigenvalue weighted by Gasteiger charge is 2.61. The summed E-state index contributed by atoms with van der Waals surface area (Å²) in [6.07, 6.45) is 18.9. The maximum absolute atomic E-state index is 11.0. The summed E-state index contributed by atoms with van der Waals surface area (Å²) < 4.78 is 55.6. The third kappa shape index (κ3) is 7.61. The molecule has 9 rings (SSSR count). The second-order valence-corrected chi connectivity index (χ2v) is 16.6. The van der Waals surface area contributed by atoms with Gasteiger partial charge in [-0.15, -0.1) is 0 Å². The fraction of sp³-hybridized carbons (Fsp3) is 0.949. The van der Waals surface area contributed by atoms with Crippen LogP contribution >= 0.6 is 0 Å². The number of aliphatic hydroxyl groups is 3. The van der Waals surface area contributed by atoms with Gasteiger partial charge in [-0.1, -0.05) is 37.8 Å². The fourth-order valence-electron chi connectivity index (χ4n) is 10.3. The minimum atomic E-state index is -1.30. The van der Waals surface area contributed by atoms with Crippen molar-refractivity contribution in [3.8, 4) is 0 Å². The SMILES string of the molecule is CC=C[C@@H]1OC2(CCCCC2)OC1[C@@H](O)C1COC2(CCCCC2)O1.O[C@H]1[C@H](O)O[C@@H]([C@H]2COC3(CCCCC3)O2)C2OC3(CCCCC3)O[C@H]21. The van der Waals surface area contributed by atoms with Crippen LogP contribution in [0.4, 0.5) is 0 Å². The molecule has 290 valence electrons. The Hall–Kier alpha value is -0.740. The lowest BCUT2D eigenvalue weighted by atomic mass is 9.93. The number of fused-ring (bicyclic) bond motifs is 1. The van der Waals surface area contributed by atoms with Gasteiger partial charge < -0.3 is 58.0 Å². The molecule has 0 bridgehead atoms. The van der Waals surface area contributed by atoms with Crippen molar-refractivity contribution in [1.29, 1.82) is 0 Å². The summed E-state index contributed by atoms with van der Waals surface area (Å²) in [5, 5.41) is 31.7. The second-order valence-electron chi connectivity index (χ2n) is 16.6. The molecule has 9 aliphatic rings. The van der Waals surface area contributed by atoms with E-state index in [-0.39, 0.29) is 24.4 Å². The lowest BCUT2D eigenvalue weighted by Crippen LogP contribution is -2.60. The van der Waals surface area contributed by atoms with Crippen molar-refractivity contribution >= 4 is 0 Å². The average Bonchev–Trinajstić information content (AvgIpc) is 3.93. The Labute approximate surface area is 302 Å². The first-order valence-corrected chi connectivity index (χ1v) is 20.4. The Balaban J connectivity index is 0.000000147. The first-order valence-electron chi connectivity index (χ1n) is 20.4. The highest BCUT2D eigenvalue weighted by atomic mass is 16.8. The maximum atomic E-state index is 11.0. The van der Waals surface area contributed by atoms with Gasteiger partial charge in [0, 0.05) is 51.4 Å². The molecule has 0 aromatic heterocycles. The molecule has 51 heavy (non-hydrogen) atoms. The first-order chi connectivity index (χ1) is 24.8. The Morgan fingerprint density at radius 3 is 1.65 bits per heavy atom. The van der Waals surface area contributed by atoms with Crippen LogP contribution in [0.15, 0.2) is 12.2 Å². The molecule has 12 nitrogen and oxygen atoms in total. The zero-order valence-corrected chi connectivity index (χ0v) is 30.5. The van der Waals surface area contributed by atoms with Crippen LogP contribution in [0.3, 0.4) is 0 Å². The van der Waals surface area contributed by atoms with E-state index < -0.39 is 60.0 Å². The third-order valence-electron chi connectivity index (χ3n) is 13.0. The van der Waals surface area contributed by atoms with Crippen molar-refractivity contribution in [2.24, 2.45) is 0 Å². The molecule has 5 aliphatic heterocycles. The Kier molecular flexibility index (Phi) is 11.2. The van der Waals surface area contributed by atoms with E-state index in [0.29, 0.717) is 13.2 Å². The zero-order chi connectivity index (χ0) is 35.1. The molecule has 10 atom stereocenters. The number of hydrogen-bond acceptors (Lipinski definition) is 12. The Morgan fingerprint density at radius 2 is 1.06 bits per heavy atom. The van der Waals surface area contributed by atoms with E-state index in [4.69, 9.17) is 42.6 Å². The predicted molar refractivity (Wildman–Crippen MR) is 182 cm³/mol. The van der Waals surface area contributed by atoms with Crippen LogP contribution < -0.4 is 0 Å². The number of ether oxygens (including phenoxy) is 9. The van der Waals surface area contributed by atoms with Crippen molar-refractivity contribution < 1.29 is 58.0 Å². The van der Waals surface area contributed by atoms with E-state index in [2.05, 4.69) is 0 Å². The molecule has 0 amide bonds. The van der Waals surface area contributed by atoms with E-state index in [9.17, 15) is 15.3 Å². The van der Waals surface area contributed by atoms with Crippen LogP contribution in [-0.4, -0.2) is 113 Å². The standard InChI is InChI=1S/C20H32O5.C19H30O7/c1-2-9-15-18(25-20(23-15)12-7-4-8-13-20)17(21)16-14-22-19(24-16)10-5-3-6-11-19;20-13-15-16(26-19(25-15)9-5-2-6-10-19)14(23-17(13)21)12-11-22-18(24-12)7-3-1-4-8-18/h2,9,15-18,21H,3-8,10-14H2,1H3;12-17,20-21H,1-11H2/t15-,16?,17-,18?;12-,13-,14+,15+,16?,17-/m01/s1. The van der Waals surface area contributed by atoms with E-state index >= 15 is 0 Å². The largest absolute Gasteiger partial charge is 0.387 e. The molecular formula is C39H62O12. The van der Waals surface area contributed by atoms with Gasteiger partial charge in [0.1, 0.15) is 54.9 Å². The number of allylic oxidation sites excluding steroid dienone is 1. The molecule has 9 fully saturated rings. The quantitative estimate of drug-likeness (QED) is 0.335. The molecule has 12 heteroatoms. The van der Waals surface area contributed by atoms with Gasteiger partial charge in [-0.05, 0) is 58.3 Å². The summed E-state index contributed by atoms with van der Waals surface area (Å²) in [7, 11) is 0. The van der Waals surface area contributed by atoms with Crippen LogP contribution in [0.1, 0.15) is 135 Å². The van der Waals surface area contributed by atoms with Crippen LogP contribution in [0, 0.1) is 0 Å². The number of aliphatic hydroxyl groups excluding tert-OH is 3. The Bertz CT molecular complexity index is 1170. The molecule has 0 aromatic carbocycles. The lowest BCUT2D eigenvalue weighted by molar-refractivity contribution is -0.284. The van der Waals surface area contributed by atoms with Crippen molar-refractivity contribution in [3.63, 3.8) is 0 Å². The molecule has 3 unspecified atom stereocenters. The first kappa shape index (κ1) is 37.2. The monoisotopic (exact) mass is 722 g/mol. The molecule has 5 heterocycles. The van der Waals surface area contributed by atoms with Crippen LogP contribution in [0.5, 0.6) is 0 Å². The lowest BCUT2D eigenvalue weighted by Gasteiger charge is -2.40. The van der Waals surface area contributed by atoms with Gasteiger partial charge in [0.05, 0.1) is 13.2 Å². The molecular weight excluding hydrogens is 660 g/mol. The number of rotatable bonds is 4. The average molecular weight is 723 g/mol. The molecule has 0 aromatic rings. The van der Waals surface area contributed by atoms with Crippen LogP contribution in [-0.2, 0) is 42.6 Å². The van der Waals surface area contributed by atoms with Gasteiger partial charge in [0.15, 0.2) is 29.4 Å². The molecule has 5 saturated heterocycles. The van der Waals surface area contributed by atoms with Gasteiger partial charge in [0.2, 0.25) is 0 Å². The summed E-state index contributed by atoms with van der Waals surface area (Å²) >= 11 is 0. The van der Waals surface area contributed by atoms with Crippen molar-refractivity contribution in [1.82, 2.24) is 0 Å². The molecule has 0 radical (unpaired) electrons. The molecule has 4 spiro atoms. The molecule has 3 N–H and O–H groups in total. The van der Waals surface area contributed by atoms with E-state index in [1.807, 2.05) is 19.1 Å². The molecule has 4 aliphatic carbocycles. The van der Waals surface area contributed by atoms with Gasteiger partial charge in [-0.25, -0.2) is 0 Å². The summed E-state index contributed by atoms with van der Waals surface area (Å²) in [4.78, 5) is 0. The van der Waals surface area contributed by atoms with Gasteiger partial charge in [-0.2, -0.15) is 0 Å². The van der Waals surface area contributed by atoms with E-state index in [1.165, 1.54) is 25.7 Å². The maximum Gasteiger partial charge on any atom is 0.184 e. The third-order valence-corrected chi connectivity index (χ3v) is 13.0. The smallest absolute Gasteiger partial charge is 0.184 e. The van der Waals surface area contributed by atoms with Crippen molar-refractivity contribution in [2.75, 3.05) is 13.2 Å². The summed E-state index contributed by atoms with van der Waals surface area (Å²) in [5.74, 6) is -2.15. The summed E-state index contributed by atoms with van der Waals surface area (Å²) in [5.41, 5.74) is 0. The molecule has 4 saturated carbocycles. The van der Waals surface area contributed by atoms with Crippen molar-refractivity contribution in [3.05, 3.63) is 12.2 Å². The van der Waals surface area contributed by atoms with Gasteiger partial charge in [0.25, 0.3) is 0 Å². The Morgan fingerprint density at radius 1 is 0.549 bits per heavy atom. The van der Waals surface area contributed by atoms with Crippen molar-refractivity contribution in [2.45, 2.75) is 220 Å². The highest BCUT2D eigenvalue weighted by Crippen LogP contribution is 2.48. The minimum absolute atomic E-state index is 0.218.